The van der Waals surface area contributed by atoms with Crippen molar-refractivity contribution in [1.29, 1.82) is 0 Å². The Kier molecular flexibility index (Phi) is 6.70. The molecule has 2 aliphatic rings. The lowest BCUT2D eigenvalue weighted by Crippen LogP contribution is -2.49. The second-order valence-electron chi connectivity index (χ2n) is 8.91. The highest BCUT2D eigenvalue weighted by molar-refractivity contribution is 6.04. The third-order valence-corrected chi connectivity index (χ3v) is 6.80. The summed E-state index contributed by atoms with van der Waals surface area (Å²) in [5, 5.41) is 0. The molecule has 0 N–H and O–H groups in total. The zero-order chi connectivity index (χ0) is 24.2. The fraction of sp³-hybridized carbons (Fsp3) is 0.370. The molecule has 0 unspecified atom stereocenters. The molecule has 0 bridgehead atoms. The zero-order valence-corrected chi connectivity index (χ0v) is 20.0. The van der Waals surface area contributed by atoms with Crippen LogP contribution in [0.25, 0.3) is 11.3 Å². The molecule has 182 valence electrons. The van der Waals surface area contributed by atoms with E-state index in [0.29, 0.717) is 43.1 Å². The van der Waals surface area contributed by atoms with Crippen LogP contribution in [-0.4, -0.2) is 73.0 Å². The molecule has 0 spiro atoms. The van der Waals surface area contributed by atoms with Crippen molar-refractivity contribution in [1.82, 2.24) is 14.8 Å². The number of benzene rings is 2. The molecule has 1 aromatic heterocycles. The molecule has 2 fully saturated rings. The van der Waals surface area contributed by atoms with Crippen molar-refractivity contribution in [3.05, 3.63) is 66.2 Å². The van der Waals surface area contributed by atoms with E-state index >= 15 is 0 Å². The van der Waals surface area contributed by atoms with Crippen LogP contribution in [-0.2, 0) is 0 Å². The first kappa shape index (κ1) is 23.0. The van der Waals surface area contributed by atoms with Crippen LogP contribution in [0.5, 0.6) is 5.75 Å². The molecule has 2 amide bonds. The second kappa shape index (κ2) is 10.2. The number of carbonyl (C=O) groups is 2. The number of likely N-dealkylation sites (tertiary alicyclic amines) is 1. The predicted octanol–water partition coefficient (Wildman–Crippen LogP) is 3.94. The summed E-state index contributed by atoms with van der Waals surface area (Å²) in [5.41, 5.74) is 2.48. The van der Waals surface area contributed by atoms with Crippen LogP contribution in [0.3, 0.4) is 0 Å². The van der Waals surface area contributed by atoms with Gasteiger partial charge in [-0.3, -0.25) is 9.59 Å². The third-order valence-electron chi connectivity index (χ3n) is 6.80. The molecule has 2 saturated heterocycles. The highest BCUT2D eigenvalue weighted by atomic mass is 16.5. The number of anilines is 1. The average Bonchev–Trinajstić information content (AvgIpc) is 3.43. The highest BCUT2D eigenvalue weighted by Gasteiger charge is 2.30. The first-order valence-corrected chi connectivity index (χ1v) is 12.2. The number of aromatic nitrogens is 1. The topological polar surface area (TPSA) is 79.1 Å². The lowest BCUT2D eigenvalue weighted by Gasteiger charge is -2.36. The SMILES string of the molecule is COc1cccc(N2CCN(C(=O)c3ncoc3-c3ccccc3C(=O)N3CCCCC3)CC2)c1. The van der Waals surface area contributed by atoms with E-state index in [-0.39, 0.29) is 17.5 Å². The van der Waals surface area contributed by atoms with Crippen LogP contribution < -0.4 is 9.64 Å². The Morgan fingerprint density at radius 3 is 2.37 bits per heavy atom. The maximum absolute atomic E-state index is 13.5. The Bertz CT molecular complexity index is 1190. The Morgan fingerprint density at radius 2 is 1.60 bits per heavy atom. The molecule has 2 aliphatic heterocycles. The van der Waals surface area contributed by atoms with Gasteiger partial charge in [-0.05, 0) is 37.5 Å². The van der Waals surface area contributed by atoms with Gasteiger partial charge in [0.05, 0.1) is 12.7 Å². The fourth-order valence-corrected chi connectivity index (χ4v) is 4.85. The Hall–Kier alpha value is -3.81. The predicted molar refractivity (Wildman–Crippen MR) is 133 cm³/mol. The minimum Gasteiger partial charge on any atom is -0.497 e. The summed E-state index contributed by atoms with van der Waals surface area (Å²) in [6, 6.07) is 15.3. The maximum Gasteiger partial charge on any atom is 0.276 e. The van der Waals surface area contributed by atoms with E-state index in [1.165, 1.54) is 6.39 Å². The number of amides is 2. The molecule has 0 saturated carbocycles. The van der Waals surface area contributed by atoms with Gasteiger partial charge >= 0.3 is 0 Å². The highest BCUT2D eigenvalue weighted by Crippen LogP contribution is 2.30. The summed E-state index contributed by atoms with van der Waals surface area (Å²) in [6.45, 7) is 4.06. The number of carbonyl (C=O) groups excluding carboxylic acids is 2. The van der Waals surface area contributed by atoms with Crippen LogP contribution in [0.2, 0.25) is 0 Å². The first-order valence-electron chi connectivity index (χ1n) is 12.2. The number of hydrogen-bond donors (Lipinski definition) is 0. The van der Waals surface area contributed by atoms with Crippen molar-refractivity contribution in [2.75, 3.05) is 51.3 Å². The molecule has 2 aromatic carbocycles. The van der Waals surface area contributed by atoms with Gasteiger partial charge in [0.2, 0.25) is 0 Å². The zero-order valence-electron chi connectivity index (χ0n) is 20.0. The van der Waals surface area contributed by atoms with Crippen LogP contribution in [0.15, 0.2) is 59.3 Å². The van der Waals surface area contributed by atoms with Crippen LogP contribution >= 0.6 is 0 Å². The lowest BCUT2D eigenvalue weighted by molar-refractivity contribution is 0.0720. The van der Waals surface area contributed by atoms with Crippen molar-refractivity contribution >= 4 is 17.5 Å². The van der Waals surface area contributed by atoms with Gasteiger partial charge in [-0.25, -0.2) is 4.98 Å². The first-order chi connectivity index (χ1) is 17.2. The number of piperidine rings is 1. The maximum atomic E-state index is 13.5. The van der Waals surface area contributed by atoms with E-state index in [2.05, 4.69) is 9.88 Å². The van der Waals surface area contributed by atoms with E-state index in [0.717, 1.165) is 43.8 Å². The molecule has 0 aliphatic carbocycles. The minimum absolute atomic E-state index is 0.0259. The van der Waals surface area contributed by atoms with Gasteiger partial charge in [0, 0.05) is 56.6 Å². The number of rotatable bonds is 5. The van der Waals surface area contributed by atoms with E-state index in [1.807, 2.05) is 47.4 Å². The molecule has 35 heavy (non-hydrogen) atoms. The fourth-order valence-electron chi connectivity index (χ4n) is 4.85. The molecule has 0 atom stereocenters. The molecule has 3 heterocycles. The van der Waals surface area contributed by atoms with Crippen molar-refractivity contribution in [3.8, 4) is 17.1 Å². The third kappa shape index (κ3) is 4.73. The van der Waals surface area contributed by atoms with Gasteiger partial charge < -0.3 is 23.9 Å². The Labute approximate surface area is 205 Å². The molecule has 8 heteroatoms. The van der Waals surface area contributed by atoms with E-state index in [1.54, 1.807) is 18.1 Å². The number of piperazine rings is 1. The van der Waals surface area contributed by atoms with Crippen molar-refractivity contribution < 1.29 is 18.7 Å². The molecule has 5 rings (SSSR count). The van der Waals surface area contributed by atoms with Gasteiger partial charge in [-0.1, -0.05) is 24.3 Å². The summed E-state index contributed by atoms with van der Waals surface area (Å²) in [7, 11) is 1.66. The summed E-state index contributed by atoms with van der Waals surface area (Å²) in [4.78, 5) is 36.9. The molecule has 0 radical (unpaired) electrons. The number of ether oxygens (including phenoxy) is 1. The Morgan fingerprint density at radius 1 is 0.857 bits per heavy atom. The lowest BCUT2D eigenvalue weighted by atomic mass is 10.0. The summed E-state index contributed by atoms with van der Waals surface area (Å²) < 4.78 is 11.0. The second-order valence-corrected chi connectivity index (χ2v) is 8.91. The summed E-state index contributed by atoms with van der Waals surface area (Å²) in [6.07, 6.45) is 4.47. The van der Waals surface area contributed by atoms with E-state index in [4.69, 9.17) is 9.15 Å². The van der Waals surface area contributed by atoms with E-state index in [9.17, 15) is 9.59 Å². The van der Waals surface area contributed by atoms with Crippen LogP contribution in [0, 0.1) is 0 Å². The minimum atomic E-state index is -0.181. The van der Waals surface area contributed by atoms with Crippen LogP contribution in [0.1, 0.15) is 40.1 Å². The molecular weight excluding hydrogens is 444 g/mol. The van der Waals surface area contributed by atoms with Gasteiger partial charge in [-0.2, -0.15) is 0 Å². The van der Waals surface area contributed by atoms with Crippen molar-refractivity contribution in [2.45, 2.75) is 19.3 Å². The van der Waals surface area contributed by atoms with Crippen molar-refractivity contribution in [2.24, 2.45) is 0 Å². The van der Waals surface area contributed by atoms with Gasteiger partial charge in [0.1, 0.15) is 5.75 Å². The average molecular weight is 475 g/mol. The normalized spacial score (nSPS) is 16.3. The van der Waals surface area contributed by atoms with Gasteiger partial charge in [-0.15, -0.1) is 0 Å². The van der Waals surface area contributed by atoms with Gasteiger partial charge in [0.25, 0.3) is 11.8 Å². The summed E-state index contributed by atoms with van der Waals surface area (Å²) >= 11 is 0. The standard InChI is InChI=1S/C27H30N4O4/c1-34-21-9-7-8-20(18-21)29-14-16-31(17-15-29)27(33)24-25(35-19-28-24)22-10-3-4-11-23(22)26(32)30-12-5-2-6-13-30/h3-4,7-11,18-19H,2,5-6,12-17H2,1H3. The number of oxazole rings is 1. The smallest absolute Gasteiger partial charge is 0.276 e. The Balaban J connectivity index is 1.33. The van der Waals surface area contributed by atoms with Gasteiger partial charge in [0.15, 0.2) is 17.8 Å². The van der Waals surface area contributed by atoms with Crippen LogP contribution in [0.4, 0.5) is 5.69 Å². The van der Waals surface area contributed by atoms with Crippen molar-refractivity contribution in [3.63, 3.8) is 0 Å². The molecule has 8 nitrogen and oxygen atoms in total. The number of nitrogens with zero attached hydrogens (tertiary/aromatic N) is 4. The number of hydrogen-bond acceptors (Lipinski definition) is 6. The van der Waals surface area contributed by atoms with E-state index < -0.39 is 0 Å². The summed E-state index contributed by atoms with van der Waals surface area (Å²) in [5.74, 6) is 0.957. The largest absolute Gasteiger partial charge is 0.497 e. The quantitative estimate of drug-likeness (QED) is 0.557. The molecule has 3 aromatic rings. The number of methoxy groups -OCH3 is 1. The monoisotopic (exact) mass is 474 g/mol. The molecular formula is C27H30N4O4.